The van der Waals surface area contributed by atoms with Crippen molar-refractivity contribution < 1.29 is 21.9 Å². The molecule has 0 unspecified atom stereocenters. The number of hydrogen-bond donors (Lipinski definition) is 0. The molecular formula is C78H67BN4. The third-order valence-corrected chi connectivity index (χ3v) is 16.9. The fourth-order valence-electron chi connectivity index (χ4n) is 12.6. The van der Waals surface area contributed by atoms with Gasteiger partial charge in [0.25, 0.3) is 6.71 Å². The summed E-state index contributed by atoms with van der Waals surface area (Å²) in [6.45, 7) is 19.1. The highest BCUT2D eigenvalue weighted by Crippen LogP contribution is 2.49. The molecule has 0 saturated carbocycles. The van der Waals surface area contributed by atoms with Gasteiger partial charge in [-0.1, -0.05) is 226 Å². The van der Waals surface area contributed by atoms with Gasteiger partial charge in [0.1, 0.15) is 0 Å². The van der Waals surface area contributed by atoms with Crippen LogP contribution in [0.3, 0.4) is 0 Å². The molecule has 2 aliphatic heterocycles. The van der Waals surface area contributed by atoms with Crippen molar-refractivity contribution in [2.24, 2.45) is 0 Å². The van der Waals surface area contributed by atoms with Crippen LogP contribution in [0.4, 0.5) is 34.1 Å². The third-order valence-electron chi connectivity index (χ3n) is 16.9. The van der Waals surface area contributed by atoms with Crippen molar-refractivity contribution in [1.82, 2.24) is 9.13 Å². The van der Waals surface area contributed by atoms with Crippen LogP contribution in [0.2, 0.25) is 0 Å². The lowest BCUT2D eigenvalue weighted by Gasteiger charge is -2.44. The SMILES string of the molecule is [2H]c1c([2H])c([2H])c2c(c1[2H])c1c([2H])c([2H])c([2H])c([2H])c1n2-c1ccc2c(c1)N(c1cccc(-c3cc(C(C)(C)C)cc(C(C)(C)C)c3)c1)c1cccc3c1B2c1ccc(-n2c4c([2H])c([2H])c([2H])c([2H])c4c4c([2H])c([2H])c([2H])c([2H])c42)cc1N3c1ccccc1-c1ccc(C(C)(C)C)cc1. The Morgan fingerprint density at radius 2 is 0.771 bits per heavy atom. The molecule has 0 radical (unpaired) electrons. The lowest BCUT2D eigenvalue weighted by Crippen LogP contribution is -2.61. The van der Waals surface area contributed by atoms with Gasteiger partial charge in [-0.3, -0.25) is 0 Å². The van der Waals surface area contributed by atoms with Crippen molar-refractivity contribution in [3.63, 3.8) is 0 Å². The number of nitrogens with zero attached hydrogens (tertiary/aromatic N) is 4. The van der Waals surface area contributed by atoms with Gasteiger partial charge in [0.05, 0.1) is 49.7 Å². The summed E-state index contributed by atoms with van der Waals surface area (Å²) in [5.74, 6) is 0. The lowest BCUT2D eigenvalue weighted by molar-refractivity contribution is 0.569. The monoisotopic (exact) mass is 1090 g/mol. The Balaban J connectivity index is 1.07. The molecule has 0 fully saturated rings. The van der Waals surface area contributed by atoms with Gasteiger partial charge < -0.3 is 18.9 Å². The molecule has 4 heterocycles. The quantitative estimate of drug-likeness (QED) is 0.154. The number of aromatic nitrogens is 2. The topological polar surface area (TPSA) is 16.3 Å². The van der Waals surface area contributed by atoms with Crippen LogP contribution in [-0.4, -0.2) is 15.8 Å². The Morgan fingerprint density at radius 1 is 0.325 bits per heavy atom. The van der Waals surface area contributed by atoms with Gasteiger partial charge in [-0.25, -0.2) is 0 Å². The predicted octanol–water partition coefficient (Wildman–Crippen LogP) is 19.2. The van der Waals surface area contributed by atoms with E-state index in [0.29, 0.717) is 22.7 Å². The molecule has 0 bridgehead atoms. The minimum absolute atomic E-state index is 0.0268. The molecule has 0 atom stereocenters. The largest absolute Gasteiger partial charge is 0.311 e. The number of fused-ring (bicyclic) bond motifs is 10. The summed E-state index contributed by atoms with van der Waals surface area (Å²) in [6.07, 6.45) is 0. The maximum absolute atomic E-state index is 9.56. The first-order chi connectivity index (χ1) is 46.7. The predicted molar refractivity (Wildman–Crippen MR) is 356 cm³/mol. The Kier molecular flexibility index (Phi) is 8.12. The van der Waals surface area contributed by atoms with Gasteiger partial charge >= 0.3 is 0 Å². The molecule has 2 aromatic heterocycles. The van der Waals surface area contributed by atoms with Gasteiger partial charge in [0.15, 0.2) is 0 Å². The van der Waals surface area contributed by atoms with E-state index < -0.39 is 103 Å². The van der Waals surface area contributed by atoms with Gasteiger partial charge in [-0.15, -0.1) is 0 Å². The normalized spacial score (nSPS) is 16.0. The van der Waals surface area contributed by atoms with Crippen LogP contribution >= 0.6 is 0 Å². The van der Waals surface area contributed by atoms with Crippen molar-refractivity contribution in [2.45, 2.75) is 78.6 Å². The molecule has 11 aromatic carbocycles. The van der Waals surface area contributed by atoms with E-state index in [-0.39, 0.29) is 59.9 Å². The van der Waals surface area contributed by atoms with Gasteiger partial charge in [0.2, 0.25) is 0 Å². The van der Waals surface area contributed by atoms with E-state index in [1.165, 1.54) is 20.3 Å². The Hall–Kier alpha value is -9.32. The molecule has 0 saturated heterocycles. The Bertz CT molecular complexity index is 5550. The van der Waals surface area contributed by atoms with Crippen LogP contribution in [0, 0.1) is 0 Å². The number of rotatable bonds is 6. The van der Waals surface area contributed by atoms with E-state index in [1.54, 1.807) is 0 Å². The van der Waals surface area contributed by atoms with E-state index in [1.807, 2.05) is 60.7 Å². The molecular weight excluding hydrogens is 1000 g/mol. The van der Waals surface area contributed by atoms with E-state index in [0.717, 1.165) is 67.0 Å². The Morgan fingerprint density at radius 3 is 1.28 bits per heavy atom. The van der Waals surface area contributed by atoms with Gasteiger partial charge in [0, 0.05) is 66.9 Å². The molecule has 4 nitrogen and oxygen atoms in total. The fraction of sp³-hybridized carbons (Fsp3) is 0.154. The second-order valence-corrected chi connectivity index (χ2v) is 25.1. The third kappa shape index (κ3) is 8.10. The van der Waals surface area contributed by atoms with Crippen LogP contribution in [0.25, 0.3) is 77.2 Å². The lowest BCUT2D eigenvalue weighted by atomic mass is 9.33. The maximum atomic E-state index is 9.56. The summed E-state index contributed by atoms with van der Waals surface area (Å²) in [7, 11) is 0. The number of hydrogen-bond acceptors (Lipinski definition) is 2. The van der Waals surface area contributed by atoms with Crippen LogP contribution in [-0.2, 0) is 16.2 Å². The first-order valence-corrected chi connectivity index (χ1v) is 28.2. The fourth-order valence-corrected chi connectivity index (χ4v) is 12.6. The van der Waals surface area contributed by atoms with Gasteiger partial charge in [-0.2, -0.15) is 0 Å². The van der Waals surface area contributed by atoms with Gasteiger partial charge in [-0.05, 0) is 145 Å². The minimum Gasteiger partial charge on any atom is -0.311 e. The molecule has 83 heavy (non-hydrogen) atoms. The smallest absolute Gasteiger partial charge is 0.252 e. The molecule has 13 aromatic rings. The zero-order valence-corrected chi connectivity index (χ0v) is 47.7. The Labute approximate surface area is 511 Å². The molecule has 0 amide bonds. The first kappa shape index (κ1) is 36.2. The summed E-state index contributed by atoms with van der Waals surface area (Å²) in [4.78, 5) is 4.40. The second-order valence-electron chi connectivity index (χ2n) is 25.1. The zero-order valence-electron chi connectivity index (χ0n) is 63.7. The van der Waals surface area contributed by atoms with Crippen molar-refractivity contribution in [3.05, 3.63) is 259 Å². The molecule has 15 rings (SSSR count). The van der Waals surface area contributed by atoms with E-state index >= 15 is 0 Å². The van der Waals surface area contributed by atoms with Crippen LogP contribution in [0.15, 0.2) is 242 Å². The summed E-state index contributed by atoms with van der Waals surface area (Å²) in [5, 5.41) is -0.207. The second kappa shape index (κ2) is 18.6. The van der Waals surface area contributed by atoms with Crippen LogP contribution < -0.4 is 26.2 Å². The molecule has 0 spiro atoms. The molecule has 0 N–H and O–H groups in total. The standard InChI is InChI=1S/C78H67BN4/c1-76(2,3)53-38-36-50(37-39-53)59-24-10-15-29-66(59)83-72-35-21-34-71-75(72)79(65-43-41-58(49-74(65)83)81-69-32-18-13-27-62(69)63-28-14-19-33-70(63)81)64-42-40-57(80-67-30-16-11-25-60(67)61-26-12-17-31-68(61)80)48-73(64)82(71)56-23-20-22-51(46-56)52-44-54(77(4,5)6)47-55(45-52)78(7,8)9/h10-49H,1-9H3/i11D,12D,13D,14D,16D,17D,18D,19D,25D,26D,27D,28D,30D,31D,32D,33D. The summed E-state index contributed by atoms with van der Waals surface area (Å²) >= 11 is 0. The number of anilines is 6. The molecule has 402 valence electrons. The number of para-hydroxylation sites is 5. The van der Waals surface area contributed by atoms with E-state index in [9.17, 15) is 11.0 Å². The van der Waals surface area contributed by atoms with Crippen LogP contribution in [0.5, 0.6) is 0 Å². The molecule has 5 heteroatoms. The highest BCUT2D eigenvalue weighted by Gasteiger charge is 2.44. The first-order valence-electron chi connectivity index (χ1n) is 36.2. The van der Waals surface area contributed by atoms with E-state index in [4.69, 9.17) is 11.0 Å². The molecule has 2 aliphatic rings. The summed E-state index contributed by atoms with van der Waals surface area (Å²) < 4.78 is 150. The summed E-state index contributed by atoms with van der Waals surface area (Å²) in [6, 6.07) is 41.5. The number of benzene rings is 11. The maximum Gasteiger partial charge on any atom is 0.252 e. The minimum atomic E-state index is -0.628. The zero-order chi connectivity index (χ0) is 70.6. The summed E-state index contributed by atoms with van der Waals surface area (Å²) in [5.41, 5.74) is 14.1. The van der Waals surface area contributed by atoms with E-state index in [2.05, 4.69) is 157 Å². The highest BCUT2D eigenvalue weighted by molar-refractivity contribution is 7.00. The average Bonchev–Trinajstić information content (AvgIpc) is 1.70. The van der Waals surface area contributed by atoms with Crippen molar-refractivity contribution in [2.75, 3.05) is 9.80 Å². The average molecular weight is 1090 g/mol. The van der Waals surface area contributed by atoms with Crippen molar-refractivity contribution >= 4 is 101 Å². The van der Waals surface area contributed by atoms with Crippen molar-refractivity contribution in [3.8, 4) is 33.6 Å². The molecule has 0 aliphatic carbocycles. The van der Waals surface area contributed by atoms with Crippen LogP contribution in [0.1, 0.15) is 101 Å². The van der Waals surface area contributed by atoms with Crippen molar-refractivity contribution in [1.29, 1.82) is 0 Å². The highest BCUT2D eigenvalue weighted by atomic mass is 15.2.